The van der Waals surface area contributed by atoms with Crippen LogP contribution in [0.4, 0.5) is 0 Å². The highest BCUT2D eigenvalue weighted by Crippen LogP contribution is 2.39. The third kappa shape index (κ3) is 7.29. The van der Waals surface area contributed by atoms with Crippen LogP contribution in [0.15, 0.2) is 61.4 Å². The topological polar surface area (TPSA) is 18.5 Å². The Kier molecular flexibility index (Phi) is 11.5. The Bertz CT molecular complexity index is 952. The largest absolute Gasteiger partial charge is 0.457 e. The normalized spacial score (nSPS) is 11.3. The Morgan fingerprint density at radius 3 is 1.53 bits per heavy atom. The van der Waals surface area contributed by atoms with Gasteiger partial charge in [-0.25, -0.2) is 0 Å². The molecule has 0 saturated carbocycles. The van der Waals surface area contributed by atoms with E-state index in [4.69, 9.17) is 9.47 Å². The first-order valence-electron chi connectivity index (χ1n) is 12.8. The summed E-state index contributed by atoms with van der Waals surface area (Å²) in [6.07, 6.45) is 11.9. The molecule has 2 aromatic rings. The minimum Gasteiger partial charge on any atom is -0.457 e. The molecular weight excluding hydrogens is 416 g/mol. The Balaban J connectivity index is 2.64. The number of hydrogen-bond donors (Lipinski definition) is 0. The first kappa shape index (κ1) is 27.3. The van der Waals surface area contributed by atoms with Crippen LogP contribution in [0.2, 0.25) is 0 Å². The zero-order valence-electron chi connectivity index (χ0n) is 21.9. The van der Waals surface area contributed by atoms with Gasteiger partial charge in [0.25, 0.3) is 0 Å². The van der Waals surface area contributed by atoms with Gasteiger partial charge < -0.3 is 9.47 Å². The molecule has 0 aromatic heterocycles. The monoisotopic (exact) mass is 458 g/mol. The lowest BCUT2D eigenvalue weighted by atomic mass is 9.81. The third-order valence-corrected chi connectivity index (χ3v) is 6.36. The molecule has 0 spiro atoms. The van der Waals surface area contributed by atoms with Crippen molar-refractivity contribution >= 4 is 0 Å². The molecule has 2 aromatic carbocycles. The second-order valence-corrected chi connectivity index (χ2v) is 9.06. The van der Waals surface area contributed by atoms with Crippen LogP contribution in [-0.4, -0.2) is 0 Å². The molecule has 0 atom stereocenters. The summed E-state index contributed by atoms with van der Waals surface area (Å²) in [7, 11) is 0. The summed E-state index contributed by atoms with van der Waals surface area (Å²) < 4.78 is 11.8. The summed E-state index contributed by atoms with van der Waals surface area (Å²) in [6.45, 7) is 18.4. The van der Waals surface area contributed by atoms with Gasteiger partial charge in [-0.2, -0.15) is 0 Å². The molecule has 2 nitrogen and oxygen atoms in total. The van der Waals surface area contributed by atoms with Crippen molar-refractivity contribution in [1.29, 1.82) is 0 Å². The molecule has 0 aliphatic carbocycles. The highest BCUT2D eigenvalue weighted by Gasteiger charge is 2.22. The molecule has 0 radical (unpaired) electrons. The number of unbranched alkanes of at least 4 members (excludes halogenated alkanes) is 2. The number of aryl methyl sites for hydroxylation is 4. The molecular formula is C32H42O2. The van der Waals surface area contributed by atoms with Crippen LogP contribution in [0, 0.1) is 13.8 Å². The molecule has 2 heteroatoms. The van der Waals surface area contributed by atoms with Crippen molar-refractivity contribution in [3.63, 3.8) is 0 Å². The first-order valence-corrected chi connectivity index (χ1v) is 12.8. The summed E-state index contributed by atoms with van der Waals surface area (Å²) in [6, 6.07) is 9.15. The summed E-state index contributed by atoms with van der Waals surface area (Å²) in [5.41, 5.74) is 13.3. The zero-order chi connectivity index (χ0) is 24.9. The van der Waals surface area contributed by atoms with Crippen molar-refractivity contribution in [3.8, 4) is 11.5 Å². The van der Waals surface area contributed by atoms with Gasteiger partial charge in [-0.05, 0) is 91.5 Å². The van der Waals surface area contributed by atoms with Crippen LogP contribution in [0.1, 0.15) is 98.6 Å². The quantitative estimate of drug-likeness (QED) is 0.207. The molecule has 0 unspecified atom stereocenters. The maximum absolute atomic E-state index is 5.88. The fourth-order valence-electron chi connectivity index (χ4n) is 4.56. The van der Waals surface area contributed by atoms with E-state index in [2.05, 4.69) is 83.5 Å². The fourth-order valence-corrected chi connectivity index (χ4v) is 4.56. The summed E-state index contributed by atoms with van der Waals surface area (Å²) in [5, 5.41) is 0. The molecule has 0 bridgehead atoms. The lowest BCUT2D eigenvalue weighted by molar-refractivity contribution is 0.473. The minimum absolute atomic E-state index is 0.332. The van der Waals surface area contributed by atoms with E-state index >= 15 is 0 Å². The molecule has 0 N–H and O–H groups in total. The maximum atomic E-state index is 5.88. The number of ether oxygens (including phenoxy) is 2. The van der Waals surface area contributed by atoms with E-state index in [1.54, 1.807) is 12.5 Å². The van der Waals surface area contributed by atoms with Crippen molar-refractivity contribution in [2.45, 2.75) is 91.9 Å². The Morgan fingerprint density at radius 1 is 0.735 bits per heavy atom. The third-order valence-electron chi connectivity index (χ3n) is 6.36. The van der Waals surface area contributed by atoms with Crippen LogP contribution in [0.25, 0.3) is 0 Å². The van der Waals surface area contributed by atoms with Crippen molar-refractivity contribution < 1.29 is 9.47 Å². The second-order valence-electron chi connectivity index (χ2n) is 9.06. The van der Waals surface area contributed by atoms with Crippen LogP contribution in [0.5, 0.6) is 11.5 Å². The number of hydrogen-bond acceptors (Lipinski definition) is 2. The highest BCUT2D eigenvalue weighted by atomic mass is 16.5. The zero-order valence-corrected chi connectivity index (χ0v) is 21.9. The molecule has 0 aliphatic rings. The summed E-state index contributed by atoms with van der Waals surface area (Å²) >= 11 is 0. The Labute approximate surface area is 207 Å². The summed E-state index contributed by atoms with van der Waals surface area (Å²) in [4.78, 5) is 0. The van der Waals surface area contributed by atoms with Gasteiger partial charge in [-0.3, -0.25) is 0 Å². The lowest BCUT2D eigenvalue weighted by Crippen LogP contribution is -2.08. The molecule has 0 fully saturated rings. The molecule has 0 saturated heterocycles. The van der Waals surface area contributed by atoms with E-state index in [1.165, 1.54) is 33.4 Å². The van der Waals surface area contributed by atoms with E-state index in [0.29, 0.717) is 5.92 Å². The van der Waals surface area contributed by atoms with Crippen molar-refractivity contribution in [2.75, 3.05) is 0 Å². The van der Waals surface area contributed by atoms with Crippen LogP contribution < -0.4 is 9.47 Å². The van der Waals surface area contributed by atoms with Crippen molar-refractivity contribution in [3.05, 3.63) is 94.8 Å². The van der Waals surface area contributed by atoms with Crippen LogP contribution in [-0.2, 0) is 12.8 Å². The average Bonchev–Trinajstić information content (AvgIpc) is 2.83. The Morgan fingerprint density at radius 2 is 1.18 bits per heavy atom. The molecule has 182 valence electrons. The SMILES string of the molecule is C=C=COc1cc(C)c(C(CCC)c2cc(CCCC)c(OC=C=C)cc2C)cc1CCCC. The predicted octanol–water partition coefficient (Wildman–Crippen LogP) is 9.28. The lowest BCUT2D eigenvalue weighted by Gasteiger charge is -2.25. The van der Waals surface area contributed by atoms with E-state index in [-0.39, 0.29) is 0 Å². The van der Waals surface area contributed by atoms with Crippen LogP contribution >= 0.6 is 0 Å². The summed E-state index contributed by atoms with van der Waals surface area (Å²) in [5.74, 6) is 2.17. The number of rotatable bonds is 14. The highest BCUT2D eigenvalue weighted by molar-refractivity contribution is 5.51. The van der Waals surface area contributed by atoms with E-state index in [9.17, 15) is 0 Å². The van der Waals surface area contributed by atoms with Gasteiger partial charge in [0.15, 0.2) is 0 Å². The predicted molar refractivity (Wildman–Crippen MR) is 145 cm³/mol. The van der Waals surface area contributed by atoms with Crippen LogP contribution in [0.3, 0.4) is 0 Å². The van der Waals surface area contributed by atoms with Gasteiger partial charge in [0.05, 0.1) is 0 Å². The smallest absolute Gasteiger partial charge is 0.133 e. The van der Waals surface area contributed by atoms with Gasteiger partial charge in [0.2, 0.25) is 0 Å². The van der Waals surface area contributed by atoms with Gasteiger partial charge in [0.1, 0.15) is 24.0 Å². The minimum atomic E-state index is 0.332. The molecule has 0 aliphatic heterocycles. The first-order chi connectivity index (χ1) is 16.5. The van der Waals surface area contributed by atoms with E-state index < -0.39 is 0 Å². The Hall–Kier alpha value is -2.92. The maximum Gasteiger partial charge on any atom is 0.133 e. The van der Waals surface area contributed by atoms with Crippen molar-refractivity contribution in [2.24, 2.45) is 0 Å². The molecule has 0 heterocycles. The van der Waals surface area contributed by atoms with E-state index in [1.807, 2.05) is 0 Å². The second kappa shape index (κ2) is 14.4. The van der Waals surface area contributed by atoms with E-state index in [0.717, 1.165) is 62.9 Å². The van der Waals surface area contributed by atoms with Gasteiger partial charge in [0, 0.05) is 5.92 Å². The molecule has 2 rings (SSSR count). The standard InChI is InChI=1S/C32H42O2/c1-8-13-16-26-22-29(24(6)20-31(26)33-18-11-4)28(15-10-3)30-23-27(17-14-9-2)32(21-25(30)7)34-19-12-5/h18-23,28H,4-5,8-10,13-17H2,1-3,6-7H3. The van der Waals surface area contributed by atoms with Gasteiger partial charge in [-0.15, -0.1) is 0 Å². The fraction of sp³-hybridized carbons (Fsp3) is 0.438. The van der Waals surface area contributed by atoms with Gasteiger partial charge >= 0.3 is 0 Å². The van der Waals surface area contributed by atoms with Gasteiger partial charge in [-0.1, -0.05) is 76.8 Å². The molecule has 0 amide bonds. The number of benzene rings is 2. The average molecular weight is 459 g/mol. The van der Waals surface area contributed by atoms with Crippen molar-refractivity contribution in [1.82, 2.24) is 0 Å². The molecule has 34 heavy (non-hydrogen) atoms.